The predicted molar refractivity (Wildman–Crippen MR) is 84.6 cm³/mol. The third-order valence-corrected chi connectivity index (χ3v) is 3.51. The van der Waals surface area contributed by atoms with Crippen molar-refractivity contribution < 1.29 is 9.47 Å². The lowest BCUT2D eigenvalue weighted by Gasteiger charge is -2.25. The van der Waals surface area contributed by atoms with Crippen LogP contribution in [0.2, 0.25) is 5.02 Å². The minimum absolute atomic E-state index is 0.0579. The summed E-state index contributed by atoms with van der Waals surface area (Å²) in [5.74, 6) is 0. The van der Waals surface area contributed by atoms with Gasteiger partial charge in [-0.15, -0.1) is 0 Å². The lowest BCUT2D eigenvalue weighted by molar-refractivity contribution is 0.191. The number of nitrogens with two attached hydrogens (primary N) is 1. The van der Waals surface area contributed by atoms with Crippen LogP contribution in [0, 0.1) is 0 Å². The lowest BCUT2D eigenvalue weighted by atomic mass is 10.1. The van der Waals surface area contributed by atoms with E-state index < -0.39 is 0 Å². The first kappa shape index (κ1) is 17.2. The van der Waals surface area contributed by atoms with Crippen LogP contribution >= 0.6 is 11.6 Å². The van der Waals surface area contributed by atoms with Crippen LogP contribution < -0.4 is 10.6 Å². The Morgan fingerprint density at radius 3 is 2.45 bits per heavy atom. The molecule has 0 saturated carbocycles. The van der Waals surface area contributed by atoms with Gasteiger partial charge in [0.2, 0.25) is 0 Å². The van der Waals surface area contributed by atoms with E-state index in [0.717, 1.165) is 37.4 Å². The summed E-state index contributed by atoms with van der Waals surface area (Å²) in [5.41, 5.74) is 7.95. The molecule has 0 saturated heterocycles. The maximum absolute atomic E-state index is 6.30. The zero-order valence-electron chi connectivity index (χ0n) is 12.6. The average Bonchev–Trinajstić information content (AvgIpc) is 2.42. The maximum atomic E-state index is 6.30. The number of halogens is 1. The number of methoxy groups -OCH3 is 2. The molecule has 20 heavy (non-hydrogen) atoms. The molecule has 1 rings (SSSR count). The Bertz CT molecular complexity index is 399. The van der Waals surface area contributed by atoms with Crippen molar-refractivity contribution in [2.24, 2.45) is 5.73 Å². The largest absolute Gasteiger partial charge is 0.385 e. The molecule has 4 nitrogen and oxygen atoms in total. The number of hydrogen-bond donors (Lipinski definition) is 1. The molecule has 0 aliphatic carbocycles. The first-order valence-corrected chi connectivity index (χ1v) is 7.25. The van der Waals surface area contributed by atoms with E-state index in [0.29, 0.717) is 11.6 Å². The molecule has 1 aromatic rings. The fourth-order valence-electron chi connectivity index (χ4n) is 2.05. The Labute approximate surface area is 126 Å². The van der Waals surface area contributed by atoms with E-state index in [1.807, 2.05) is 19.1 Å². The van der Waals surface area contributed by atoms with Gasteiger partial charge in [-0.25, -0.2) is 0 Å². The molecule has 1 atom stereocenters. The van der Waals surface area contributed by atoms with Gasteiger partial charge in [-0.3, -0.25) is 0 Å². The van der Waals surface area contributed by atoms with Gasteiger partial charge in [0.1, 0.15) is 0 Å². The molecular weight excluding hydrogens is 276 g/mol. The van der Waals surface area contributed by atoms with Crippen molar-refractivity contribution in [1.29, 1.82) is 0 Å². The summed E-state index contributed by atoms with van der Waals surface area (Å²) in [4.78, 5) is 2.25. The third kappa shape index (κ3) is 5.29. The van der Waals surface area contributed by atoms with Gasteiger partial charge in [0.25, 0.3) is 0 Å². The summed E-state index contributed by atoms with van der Waals surface area (Å²) >= 11 is 6.30. The molecule has 1 aromatic carbocycles. The third-order valence-electron chi connectivity index (χ3n) is 3.18. The smallest absolute Gasteiger partial charge is 0.0637 e. The highest BCUT2D eigenvalue weighted by Crippen LogP contribution is 2.27. The number of anilines is 1. The molecule has 114 valence electrons. The average molecular weight is 301 g/mol. The zero-order chi connectivity index (χ0) is 15.0. The van der Waals surface area contributed by atoms with Crippen LogP contribution in [0.1, 0.15) is 24.9 Å². The van der Waals surface area contributed by atoms with Crippen molar-refractivity contribution in [1.82, 2.24) is 0 Å². The van der Waals surface area contributed by atoms with Gasteiger partial charge in [0.15, 0.2) is 0 Å². The molecular formula is C15H25ClN2O2. The van der Waals surface area contributed by atoms with Crippen molar-refractivity contribution in [3.05, 3.63) is 28.8 Å². The SMILES string of the molecule is COCCCN(CCOC)c1ccc(C(C)N)c(Cl)c1. The van der Waals surface area contributed by atoms with Gasteiger partial charge in [0.05, 0.1) is 6.61 Å². The standard InChI is InChI=1S/C15H25ClN2O2/c1-12(17)14-6-5-13(11-15(14)16)18(8-10-20-3)7-4-9-19-2/h5-6,11-12H,4,7-10,17H2,1-3H3. The molecule has 0 radical (unpaired) electrons. The van der Waals surface area contributed by atoms with Crippen LogP contribution in [-0.4, -0.2) is 40.5 Å². The van der Waals surface area contributed by atoms with Crippen molar-refractivity contribution in [3.8, 4) is 0 Å². The molecule has 0 amide bonds. The van der Waals surface area contributed by atoms with Crippen molar-refractivity contribution in [2.75, 3.05) is 45.4 Å². The van der Waals surface area contributed by atoms with Gasteiger partial charge in [0, 0.05) is 50.7 Å². The van der Waals surface area contributed by atoms with Crippen molar-refractivity contribution >= 4 is 17.3 Å². The number of rotatable bonds is 9. The number of benzene rings is 1. The number of nitrogens with zero attached hydrogens (tertiary/aromatic N) is 1. The highest BCUT2D eigenvalue weighted by molar-refractivity contribution is 6.31. The quantitative estimate of drug-likeness (QED) is 0.713. The fourth-order valence-corrected chi connectivity index (χ4v) is 2.40. The minimum Gasteiger partial charge on any atom is -0.385 e. The molecule has 0 fully saturated rings. The molecule has 2 N–H and O–H groups in total. The highest BCUT2D eigenvalue weighted by atomic mass is 35.5. The fraction of sp³-hybridized carbons (Fsp3) is 0.600. The molecule has 0 aliphatic heterocycles. The highest BCUT2D eigenvalue weighted by Gasteiger charge is 2.10. The summed E-state index contributed by atoms with van der Waals surface area (Å²) in [5, 5.41) is 0.714. The Morgan fingerprint density at radius 1 is 1.20 bits per heavy atom. The monoisotopic (exact) mass is 300 g/mol. The Morgan fingerprint density at radius 2 is 1.90 bits per heavy atom. The van der Waals surface area contributed by atoms with Gasteiger partial charge < -0.3 is 20.1 Å². The van der Waals surface area contributed by atoms with E-state index in [1.165, 1.54) is 0 Å². The second-order valence-corrected chi connectivity index (χ2v) is 5.23. The first-order valence-electron chi connectivity index (χ1n) is 6.88. The van der Waals surface area contributed by atoms with Crippen molar-refractivity contribution in [3.63, 3.8) is 0 Å². The van der Waals surface area contributed by atoms with E-state index >= 15 is 0 Å². The summed E-state index contributed by atoms with van der Waals surface area (Å²) in [6.07, 6.45) is 0.965. The Balaban J connectivity index is 2.80. The van der Waals surface area contributed by atoms with Crippen LogP contribution in [0.4, 0.5) is 5.69 Å². The van der Waals surface area contributed by atoms with Crippen LogP contribution in [0.5, 0.6) is 0 Å². The van der Waals surface area contributed by atoms with E-state index in [9.17, 15) is 0 Å². The predicted octanol–water partition coefficient (Wildman–Crippen LogP) is 2.85. The molecule has 0 heterocycles. The minimum atomic E-state index is -0.0579. The molecule has 0 bridgehead atoms. The van der Waals surface area contributed by atoms with E-state index in [1.54, 1.807) is 14.2 Å². The molecule has 0 spiro atoms. The lowest BCUT2D eigenvalue weighted by Crippen LogP contribution is -2.29. The Hall–Kier alpha value is -0.810. The summed E-state index contributed by atoms with van der Waals surface area (Å²) in [6.45, 7) is 5.09. The second kappa shape index (κ2) is 9.19. The van der Waals surface area contributed by atoms with Crippen molar-refractivity contribution in [2.45, 2.75) is 19.4 Å². The normalized spacial score (nSPS) is 12.4. The van der Waals surface area contributed by atoms with Gasteiger partial charge in [-0.2, -0.15) is 0 Å². The van der Waals surface area contributed by atoms with Gasteiger partial charge in [-0.1, -0.05) is 17.7 Å². The number of hydrogen-bond acceptors (Lipinski definition) is 4. The van der Waals surface area contributed by atoms with E-state index in [-0.39, 0.29) is 6.04 Å². The van der Waals surface area contributed by atoms with Crippen LogP contribution in [-0.2, 0) is 9.47 Å². The second-order valence-electron chi connectivity index (χ2n) is 4.82. The van der Waals surface area contributed by atoms with Crippen LogP contribution in [0.15, 0.2) is 18.2 Å². The van der Waals surface area contributed by atoms with E-state index in [4.69, 9.17) is 26.8 Å². The first-order chi connectivity index (χ1) is 9.60. The molecule has 5 heteroatoms. The molecule has 0 aliphatic rings. The molecule has 0 aromatic heterocycles. The van der Waals surface area contributed by atoms with Crippen LogP contribution in [0.25, 0.3) is 0 Å². The van der Waals surface area contributed by atoms with Gasteiger partial charge in [-0.05, 0) is 31.0 Å². The summed E-state index contributed by atoms with van der Waals surface area (Å²) in [6, 6.07) is 5.98. The van der Waals surface area contributed by atoms with E-state index in [2.05, 4.69) is 11.0 Å². The van der Waals surface area contributed by atoms with Gasteiger partial charge >= 0.3 is 0 Å². The zero-order valence-corrected chi connectivity index (χ0v) is 13.3. The summed E-state index contributed by atoms with van der Waals surface area (Å²) in [7, 11) is 3.42. The Kier molecular flexibility index (Phi) is 7.92. The topological polar surface area (TPSA) is 47.7 Å². The number of ether oxygens (including phenoxy) is 2. The maximum Gasteiger partial charge on any atom is 0.0637 e. The molecule has 1 unspecified atom stereocenters. The van der Waals surface area contributed by atoms with Crippen LogP contribution in [0.3, 0.4) is 0 Å². The summed E-state index contributed by atoms with van der Waals surface area (Å²) < 4.78 is 10.3.